The predicted octanol–water partition coefficient (Wildman–Crippen LogP) is 3.32. The highest BCUT2D eigenvalue weighted by Crippen LogP contribution is 2.36. The second-order valence-electron chi connectivity index (χ2n) is 8.73. The monoisotopic (exact) mass is 480 g/mol. The number of nitrogens with one attached hydrogen (secondary N) is 1. The lowest BCUT2D eigenvalue weighted by Crippen LogP contribution is -2.33. The van der Waals surface area contributed by atoms with Crippen molar-refractivity contribution < 1.29 is 19.4 Å². The minimum absolute atomic E-state index is 0.168. The van der Waals surface area contributed by atoms with Gasteiger partial charge in [0.05, 0.1) is 14.2 Å². The first-order valence-electron chi connectivity index (χ1n) is 11.3. The summed E-state index contributed by atoms with van der Waals surface area (Å²) in [6, 6.07) is 4.50. The number of carbonyl (C=O) groups is 1. The first-order valence-corrected chi connectivity index (χ1v) is 11.3. The minimum Gasteiger partial charge on any atom is -0.496 e. The van der Waals surface area contributed by atoms with Gasteiger partial charge in [0.15, 0.2) is 5.82 Å². The molecule has 186 valence electrons. The highest BCUT2D eigenvalue weighted by molar-refractivity contribution is 5.78. The highest BCUT2D eigenvalue weighted by atomic mass is 16.5. The number of methoxy groups -OCH3 is 2. The number of anilines is 2. The van der Waals surface area contributed by atoms with Crippen LogP contribution in [0.1, 0.15) is 25.0 Å². The first kappa shape index (κ1) is 25.7. The summed E-state index contributed by atoms with van der Waals surface area (Å²) >= 11 is 0. The van der Waals surface area contributed by atoms with Crippen LogP contribution in [-0.4, -0.2) is 65.4 Å². The zero-order valence-electron chi connectivity index (χ0n) is 20.9. The van der Waals surface area contributed by atoms with Gasteiger partial charge in [-0.05, 0) is 30.0 Å². The molecule has 0 aliphatic heterocycles. The van der Waals surface area contributed by atoms with Gasteiger partial charge in [0, 0.05) is 44.7 Å². The Morgan fingerprint density at radius 2 is 1.66 bits per heavy atom. The smallest absolute Gasteiger partial charge is 0.326 e. The van der Waals surface area contributed by atoms with E-state index < -0.39 is 12.0 Å². The fourth-order valence-corrected chi connectivity index (χ4v) is 3.59. The molecule has 0 fully saturated rings. The van der Waals surface area contributed by atoms with E-state index in [1.807, 2.05) is 20.2 Å². The van der Waals surface area contributed by atoms with Crippen molar-refractivity contribution in [3.05, 3.63) is 47.9 Å². The number of benzene rings is 1. The molecule has 0 radical (unpaired) electrons. The van der Waals surface area contributed by atoms with Crippen molar-refractivity contribution in [1.82, 2.24) is 19.9 Å². The maximum atomic E-state index is 12.1. The second kappa shape index (κ2) is 11.5. The molecule has 1 atom stereocenters. The van der Waals surface area contributed by atoms with E-state index in [2.05, 4.69) is 39.1 Å². The number of carboxylic acids is 1. The van der Waals surface area contributed by atoms with Crippen molar-refractivity contribution in [2.45, 2.75) is 32.7 Å². The molecule has 1 aromatic carbocycles. The maximum absolute atomic E-state index is 12.1. The Morgan fingerprint density at radius 1 is 1.03 bits per heavy atom. The number of rotatable bonds is 11. The molecular formula is C25H32N6O4. The molecule has 2 aromatic heterocycles. The molecule has 0 saturated heterocycles. The Morgan fingerprint density at radius 3 is 2.17 bits per heavy atom. The van der Waals surface area contributed by atoms with Gasteiger partial charge < -0.3 is 24.8 Å². The summed E-state index contributed by atoms with van der Waals surface area (Å²) in [5, 5.41) is 13.0. The molecule has 0 spiro atoms. The largest absolute Gasteiger partial charge is 0.496 e. The molecule has 2 heterocycles. The van der Waals surface area contributed by atoms with Crippen molar-refractivity contribution in [2.75, 3.05) is 38.5 Å². The molecular weight excluding hydrogens is 448 g/mol. The summed E-state index contributed by atoms with van der Waals surface area (Å²) < 4.78 is 10.9. The van der Waals surface area contributed by atoms with Crippen LogP contribution in [0.15, 0.2) is 36.8 Å². The van der Waals surface area contributed by atoms with Crippen LogP contribution in [0.25, 0.3) is 11.4 Å². The molecule has 0 unspecified atom stereocenters. The first-order chi connectivity index (χ1) is 16.7. The van der Waals surface area contributed by atoms with Crippen molar-refractivity contribution in [2.24, 2.45) is 5.92 Å². The van der Waals surface area contributed by atoms with Crippen LogP contribution in [0, 0.1) is 5.92 Å². The van der Waals surface area contributed by atoms with E-state index in [1.54, 1.807) is 49.8 Å². The Balaban J connectivity index is 1.87. The lowest BCUT2D eigenvalue weighted by atomic mass is 10.0. The van der Waals surface area contributed by atoms with Gasteiger partial charge in [-0.15, -0.1) is 0 Å². The third kappa shape index (κ3) is 6.34. The van der Waals surface area contributed by atoms with Crippen molar-refractivity contribution in [3.8, 4) is 22.9 Å². The van der Waals surface area contributed by atoms with Gasteiger partial charge in [0.25, 0.3) is 0 Å². The van der Waals surface area contributed by atoms with E-state index in [0.717, 1.165) is 12.0 Å². The van der Waals surface area contributed by atoms with Crippen molar-refractivity contribution >= 4 is 17.7 Å². The third-order valence-corrected chi connectivity index (χ3v) is 5.29. The number of ether oxygens (including phenoxy) is 2. The summed E-state index contributed by atoms with van der Waals surface area (Å²) in [5.74, 6) is 1.97. The fourth-order valence-electron chi connectivity index (χ4n) is 3.59. The van der Waals surface area contributed by atoms with Crippen molar-refractivity contribution in [3.63, 3.8) is 0 Å². The predicted molar refractivity (Wildman–Crippen MR) is 134 cm³/mol. The standard InChI is InChI=1S/C25H32N6O4/c1-15(2)10-17-14-28-25(31(3)4)30-22(17)29-18(24(32)33)11-16-12-26-23(27-13-16)21-19(34-5)8-7-9-20(21)35-6/h7-9,12-15,18H,10-11H2,1-6H3,(H,32,33)(H,28,29,30)/t18-/m0/s1. The van der Waals surface area contributed by atoms with E-state index in [9.17, 15) is 9.90 Å². The fraction of sp³-hybridized carbons (Fsp3) is 0.400. The molecule has 0 aliphatic rings. The van der Waals surface area contributed by atoms with E-state index in [1.165, 1.54) is 0 Å². The maximum Gasteiger partial charge on any atom is 0.326 e. The number of nitrogens with zero attached hydrogens (tertiary/aromatic N) is 5. The number of hydrogen-bond acceptors (Lipinski definition) is 9. The van der Waals surface area contributed by atoms with Crippen LogP contribution in [0.2, 0.25) is 0 Å². The van der Waals surface area contributed by atoms with Gasteiger partial charge in [-0.3, -0.25) is 0 Å². The lowest BCUT2D eigenvalue weighted by Gasteiger charge is -2.20. The molecule has 2 N–H and O–H groups in total. The molecule has 35 heavy (non-hydrogen) atoms. The van der Waals surface area contributed by atoms with Gasteiger partial charge in [-0.2, -0.15) is 4.98 Å². The Bertz CT molecular complexity index is 1130. The summed E-state index contributed by atoms with van der Waals surface area (Å²) in [5.41, 5.74) is 2.16. The number of aliphatic carboxylic acids is 1. The van der Waals surface area contributed by atoms with E-state index in [-0.39, 0.29) is 6.42 Å². The van der Waals surface area contributed by atoms with Gasteiger partial charge in [0.2, 0.25) is 5.95 Å². The summed E-state index contributed by atoms with van der Waals surface area (Å²) in [6.45, 7) is 4.18. The lowest BCUT2D eigenvalue weighted by molar-refractivity contribution is -0.137. The van der Waals surface area contributed by atoms with E-state index >= 15 is 0 Å². The van der Waals surface area contributed by atoms with Gasteiger partial charge >= 0.3 is 5.97 Å². The van der Waals surface area contributed by atoms with Gasteiger partial charge in [-0.25, -0.2) is 19.7 Å². The summed E-state index contributed by atoms with van der Waals surface area (Å²) in [6.07, 6.45) is 5.88. The molecule has 0 bridgehead atoms. The van der Waals surface area contributed by atoms with Crippen LogP contribution >= 0.6 is 0 Å². The van der Waals surface area contributed by atoms with Crippen LogP contribution in [-0.2, 0) is 17.6 Å². The van der Waals surface area contributed by atoms with Crippen LogP contribution in [0.3, 0.4) is 0 Å². The topological polar surface area (TPSA) is 123 Å². The van der Waals surface area contributed by atoms with E-state index in [4.69, 9.17) is 9.47 Å². The molecule has 3 aromatic rings. The molecule has 10 nitrogen and oxygen atoms in total. The zero-order valence-corrected chi connectivity index (χ0v) is 20.9. The Labute approximate surface area is 205 Å². The SMILES string of the molecule is COc1cccc(OC)c1-c1ncc(C[C@H](Nc2nc(N(C)C)ncc2CC(C)C)C(=O)O)cn1. The highest BCUT2D eigenvalue weighted by Gasteiger charge is 2.22. The van der Waals surface area contributed by atoms with E-state index in [0.29, 0.717) is 46.1 Å². The summed E-state index contributed by atoms with van der Waals surface area (Å²) in [4.78, 5) is 31.8. The molecule has 10 heteroatoms. The third-order valence-electron chi connectivity index (χ3n) is 5.29. The zero-order chi connectivity index (χ0) is 25.5. The van der Waals surface area contributed by atoms with Gasteiger partial charge in [-0.1, -0.05) is 19.9 Å². The molecule has 0 amide bonds. The van der Waals surface area contributed by atoms with Crippen molar-refractivity contribution in [1.29, 1.82) is 0 Å². The minimum atomic E-state index is -0.999. The number of hydrogen-bond donors (Lipinski definition) is 2. The molecule has 0 aliphatic carbocycles. The Kier molecular flexibility index (Phi) is 8.40. The number of aromatic nitrogens is 4. The normalized spacial score (nSPS) is 11.7. The van der Waals surface area contributed by atoms with Crippen LogP contribution < -0.4 is 19.7 Å². The van der Waals surface area contributed by atoms with Crippen LogP contribution in [0.4, 0.5) is 11.8 Å². The van der Waals surface area contributed by atoms with Gasteiger partial charge in [0.1, 0.15) is 28.9 Å². The quantitative estimate of drug-likeness (QED) is 0.422. The van der Waals surface area contributed by atoms with Crippen LogP contribution in [0.5, 0.6) is 11.5 Å². The Hall–Kier alpha value is -3.95. The second-order valence-corrected chi connectivity index (χ2v) is 8.73. The molecule has 3 rings (SSSR count). The number of carboxylic acid groups (broad SMARTS) is 1. The average molecular weight is 481 g/mol. The average Bonchev–Trinajstić information content (AvgIpc) is 2.84. The molecule has 0 saturated carbocycles. The summed E-state index contributed by atoms with van der Waals surface area (Å²) in [7, 11) is 6.81.